The Morgan fingerprint density at radius 3 is 2.78 bits per heavy atom. The number of hydrogen-bond donors (Lipinski definition) is 1. The van der Waals surface area contributed by atoms with Gasteiger partial charge in [0, 0.05) is 5.75 Å². The summed E-state index contributed by atoms with van der Waals surface area (Å²) in [4.78, 5) is 0. The van der Waals surface area contributed by atoms with Crippen molar-refractivity contribution in [2.24, 2.45) is 0 Å². The second kappa shape index (κ2) is 6.37. The van der Waals surface area contributed by atoms with E-state index in [4.69, 9.17) is 4.42 Å². The van der Waals surface area contributed by atoms with E-state index >= 15 is 0 Å². The van der Waals surface area contributed by atoms with Crippen LogP contribution in [0.3, 0.4) is 0 Å². The van der Waals surface area contributed by atoms with Crippen molar-refractivity contribution in [1.82, 2.24) is 10.2 Å². The van der Waals surface area contributed by atoms with Gasteiger partial charge in [-0.05, 0) is 12.5 Å². The SMILES string of the molecule is C[C@H]([NH3+])c1nnc(SC/C=C/c2ccccc2)o1. The van der Waals surface area contributed by atoms with Gasteiger partial charge in [-0.2, -0.15) is 0 Å². The van der Waals surface area contributed by atoms with Crippen LogP contribution in [0.4, 0.5) is 0 Å². The van der Waals surface area contributed by atoms with Gasteiger partial charge in [0.15, 0.2) is 6.04 Å². The molecule has 1 heterocycles. The zero-order valence-corrected chi connectivity index (χ0v) is 11.1. The van der Waals surface area contributed by atoms with E-state index in [1.807, 2.05) is 25.1 Å². The summed E-state index contributed by atoms with van der Waals surface area (Å²) in [6, 6.07) is 10.2. The normalized spacial score (nSPS) is 13.0. The van der Waals surface area contributed by atoms with Crippen molar-refractivity contribution in [1.29, 1.82) is 0 Å². The first kappa shape index (κ1) is 12.9. The van der Waals surface area contributed by atoms with Crippen molar-refractivity contribution in [3.05, 3.63) is 47.9 Å². The molecule has 1 atom stereocenters. The minimum Gasteiger partial charge on any atom is -0.410 e. The van der Waals surface area contributed by atoms with Crippen molar-refractivity contribution in [3.8, 4) is 0 Å². The highest BCUT2D eigenvalue weighted by Gasteiger charge is 2.11. The summed E-state index contributed by atoms with van der Waals surface area (Å²) in [6.07, 6.45) is 4.16. The number of aromatic nitrogens is 2. The van der Waals surface area contributed by atoms with E-state index in [2.05, 4.69) is 40.2 Å². The Bertz CT molecular complexity index is 508. The van der Waals surface area contributed by atoms with Crippen LogP contribution in [0.1, 0.15) is 24.4 Å². The summed E-state index contributed by atoms with van der Waals surface area (Å²) in [5.74, 6) is 1.40. The minimum atomic E-state index is 0.0340. The van der Waals surface area contributed by atoms with Crippen LogP contribution >= 0.6 is 11.8 Å². The van der Waals surface area contributed by atoms with Crippen LogP contribution in [0.2, 0.25) is 0 Å². The van der Waals surface area contributed by atoms with Crippen LogP contribution in [0.5, 0.6) is 0 Å². The molecule has 0 aliphatic carbocycles. The molecule has 3 N–H and O–H groups in total. The third-order valence-electron chi connectivity index (χ3n) is 2.26. The van der Waals surface area contributed by atoms with Gasteiger partial charge in [0.1, 0.15) is 0 Å². The Labute approximate surface area is 110 Å². The second-order valence-electron chi connectivity index (χ2n) is 3.93. The summed E-state index contributed by atoms with van der Waals surface area (Å²) in [5, 5.41) is 8.48. The van der Waals surface area contributed by atoms with Crippen molar-refractivity contribution in [3.63, 3.8) is 0 Å². The molecular formula is C13H16N3OS+. The molecule has 5 heteroatoms. The average Bonchev–Trinajstić information content (AvgIpc) is 2.85. The number of nitrogens with zero attached hydrogens (tertiary/aromatic N) is 2. The van der Waals surface area contributed by atoms with Gasteiger partial charge in [-0.1, -0.05) is 54.2 Å². The molecule has 2 aromatic rings. The maximum atomic E-state index is 5.44. The van der Waals surface area contributed by atoms with Crippen LogP contribution in [-0.4, -0.2) is 16.0 Å². The van der Waals surface area contributed by atoms with Crippen LogP contribution < -0.4 is 5.73 Å². The second-order valence-corrected chi connectivity index (χ2v) is 4.90. The fraction of sp³-hybridized carbons (Fsp3) is 0.231. The van der Waals surface area contributed by atoms with Gasteiger partial charge >= 0.3 is 0 Å². The number of thioether (sulfide) groups is 1. The van der Waals surface area contributed by atoms with E-state index < -0.39 is 0 Å². The van der Waals surface area contributed by atoms with Gasteiger partial charge in [-0.25, -0.2) is 0 Å². The molecule has 0 radical (unpaired) electrons. The largest absolute Gasteiger partial charge is 0.410 e. The van der Waals surface area contributed by atoms with E-state index in [0.717, 1.165) is 5.75 Å². The molecule has 18 heavy (non-hydrogen) atoms. The number of benzene rings is 1. The highest BCUT2D eigenvalue weighted by atomic mass is 32.2. The predicted octanol–water partition coefficient (Wildman–Crippen LogP) is 2.18. The molecule has 0 unspecified atom stereocenters. The molecule has 0 aliphatic rings. The zero-order valence-electron chi connectivity index (χ0n) is 10.2. The van der Waals surface area contributed by atoms with Crippen molar-refractivity contribution in [2.75, 3.05) is 5.75 Å². The number of rotatable bonds is 5. The van der Waals surface area contributed by atoms with E-state index in [9.17, 15) is 0 Å². The fourth-order valence-corrected chi connectivity index (χ4v) is 1.92. The first-order valence-corrected chi connectivity index (χ1v) is 6.75. The molecule has 0 aliphatic heterocycles. The maximum Gasteiger partial charge on any atom is 0.277 e. The molecule has 0 saturated heterocycles. The fourth-order valence-electron chi connectivity index (χ4n) is 1.35. The smallest absolute Gasteiger partial charge is 0.277 e. The highest BCUT2D eigenvalue weighted by Crippen LogP contribution is 2.18. The standard InChI is InChI=1S/C13H15N3OS/c1-10(14)12-15-16-13(17-12)18-9-5-8-11-6-3-2-4-7-11/h2-8,10H,9,14H2,1H3/p+1/b8-5+/t10-/m0/s1. The van der Waals surface area contributed by atoms with E-state index in [0.29, 0.717) is 11.1 Å². The van der Waals surface area contributed by atoms with E-state index in [-0.39, 0.29) is 6.04 Å². The topological polar surface area (TPSA) is 66.6 Å². The first-order chi connectivity index (χ1) is 8.75. The molecule has 1 aromatic carbocycles. The van der Waals surface area contributed by atoms with E-state index in [1.165, 1.54) is 17.3 Å². The third-order valence-corrected chi connectivity index (χ3v) is 3.03. The predicted molar refractivity (Wildman–Crippen MR) is 71.8 cm³/mol. The lowest BCUT2D eigenvalue weighted by molar-refractivity contribution is -0.425. The van der Waals surface area contributed by atoms with Crippen molar-refractivity contribution in [2.45, 2.75) is 18.2 Å². The Kier molecular flexibility index (Phi) is 4.55. The van der Waals surface area contributed by atoms with Gasteiger partial charge < -0.3 is 10.2 Å². The van der Waals surface area contributed by atoms with Crippen LogP contribution in [0, 0.1) is 0 Å². The molecule has 2 rings (SSSR count). The number of quaternary nitrogens is 1. The van der Waals surface area contributed by atoms with Gasteiger partial charge in [0.05, 0.1) is 0 Å². The summed E-state index contributed by atoms with van der Waals surface area (Å²) < 4.78 is 5.44. The lowest BCUT2D eigenvalue weighted by Crippen LogP contribution is -2.51. The van der Waals surface area contributed by atoms with Crippen LogP contribution in [0.15, 0.2) is 46.0 Å². The molecule has 94 valence electrons. The monoisotopic (exact) mass is 262 g/mol. The molecule has 4 nitrogen and oxygen atoms in total. The Hall–Kier alpha value is -1.59. The maximum absolute atomic E-state index is 5.44. The first-order valence-electron chi connectivity index (χ1n) is 5.76. The Morgan fingerprint density at radius 2 is 2.11 bits per heavy atom. The molecule has 0 amide bonds. The summed E-state index contributed by atoms with van der Waals surface area (Å²) in [6.45, 7) is 1.93. The van der Waals surface area contributed by atoms with Crippen molar-refractivity contribution < 1.29 is 10.2 Å². The Balaban J connectivity index is 1.83. The molecule has 0 spiro atoms. The zero-order chi connectivity index (χ0) is 12.8. The molecule has 1 aromatic heterocycles. The lowest BCUT2D eigenvalue weighted by Gasteiger charge is -1.92. The molecular weight excluding hydrogens is 246 g/mol. The van der Waals surface area contributed by atoms with E-state index in [1.54, 1.807) is 0 Å². The molecule has 0 fully saturated rings. The summed E-state index contributed by atoms with van der Waals surface area (Å²) in [5.41, 5.74) is 5.03. The van der Waals surface area contributed by atoms with Crippen molar-refractivity contribution >= 4 is 17.8 Å². The summed E-state index contributed by atoms with van der Waals surface area (Å²) >= 11 is 1.52. The minimum absolute atomic E-state index is 0.0340. The van der Waals surface area contributed by atoms with Crippen LogP contribution in [-0.2, 0) is 0 Å². The highest BCUT2D eigenvalue weighted by molar-refractivity contribution is 7.99. The lowest BCUT2D eigenvalue weighted by atomic mass is 10.2. The van der Waals surface area contributed by atoms with Gasteiger partial charge in [-0.3, -0.25) is 0 Å². The molecule has 0 saturated carbocycles. The van der Waals surface area contributed by atoms with Gasteiger partial charge in [-0.15, -0.1) is 10.2 Å². The van der Waals surface area contributed by atoms with Gasteiger partial charge in [0.25, 0.3) is 11.1 Å². The van der Waals surface area contributed by atoms with Crippen LogP contribution in [0.25, 0.3) is 6.08 Å². The Morgan fingerprint density at radius 1 is 1.33 bits per heavy atom. The number of hydrogen-bond acceptors (Lipinski definition) is 4. The summed E-state index contributed by atoms with van der Waals surface area (Å²) in [7, 11) is 0. The quantitative estimate of drug-likeness (QED) is 0.839. The third kappa shape index (κ3) is 3.72. The van der Waals surface area contributed by atoms with Gasteiger partial charge in [0.2, 0.25) is 0 Å². The average molecular weight is 262 g/mol. The molecule has 0 bridgehead atoms.